The molecule has 0 saturated carbocycles. The van der Waals surface area contributed by atoms with E-state index >= 15 is 0 Å². The second kappa shape index (κ2) is 13.9. The van der Waals surface area contributed by atoms with Gasteiger partial charge in [0.25, 0.3) is 0 Å². The molecule has 9 nitrogen and oxygen atoms in total. The number of fused-ring (bicyclic) bond motifs is 1. The molecule has 0 aliphatic carbocycles. The predicted molar refractivity (Wildman–Crippen MR) is 121 cm³/mol. The van der Waals surface area contributed by atoms with Crippen molar-refractivity contribution in [2.24, 2.45) is 0 Å². The first-order valence-corrected chi connectivity index (χ1v) is 11.6. The zero-order valence-electron chi connectivity index (χ0n) is 19.4. The van der Waals surface area contributed by atoms with E-state index in [1.165, 1.54) is 10.4 Å². The third-order valence-corrected chi connectivity index (χ3v) is 5.49. The van der Waals surface area contributed by atoms with Crippen molar-refractivity contribution in [1.29, 1.82) is 0 Å². The number of carbonyl (C=O) groups is 2. The van der Waals surface area contributed by atoms with E-state index in [0.29, 0.717) is 6.54 Å². The standard InChI is InChI=1S/C18H20N4OS.2C2HF3O2/c1-2-7-20-15(4-1)13-22-12-14-6-8-23-17(18(14)21-22)11-19-10-16-5-3-9-24-16;2*3-2(4,5)1(6)7/h1-5,7,9,12,17,19H,6,8,10-11,13H2;2*(H,6,7). The number of aliphatic carboxylic acids is 2. The molecule has 0 amide bonds. The lowest BCUT2D eigenvalue weighted by molar-refractivity contribution is -0.193. The molecule has 0 aromatic carbocycles. The molecule has 1 unspecified atom stereocenters. The third-order valence-electron chi connectivity index (χ3n) is 4.61. The van der Waals surface area contributed by atoms with Crippen molar-refractivity contribution in [1.82, 2.24) is 20.1 Å². The van der Waals surface area contributed by atoms with Gasteiger partial charge in [-0.2, -0.15) is 31.4 Å². The molecule has 0 fully saturated rings. The number of hydrogen-bond acceptors (Lipinski definition) is 7. The Hall–Kier alpha value is -3.50. The van der Waals surface area contributed by atoms with E-state index in [-0.39, 0.29) is 6.10 Å². The Kier molecular flexibility index (Phi) is 11.2. The maximum absolute atomic E-state index is 10.6. The smallest absolute Gasteiger partial charge is 0.475 e. The van der Waals surface area contributed by atoms with Crippen molar-refractivity contribution in [2.75, 3.05) is 13.2 Å². The molecule has 1 atom stereocenters. The van der Waals surface area contributed by atoms with Crippen molar-refractivity contribution < 1.29 is 50.9 Å². The Bertz CT molecular complexity index is 1130. The van der Waals surface area contributed by atoms with Crippen molar-refractivity contribution in [3.05, 3.63) is 69.9 Å². The predicted octanol–water partition coefficient (Wildman–Crippen LogP) is 4.06. The topological polar surface area (TPSA) is 127 Å². The molecule has 0 radical (unpaired) electrons. The molecule has 208 valence electrons. The van der Waals surface area contributed by atoms with Gasteiger partial charge in [-0.1, -0.05) is 12.1 Å². The van der Waals surface area contributed by atoms with Crippen LogP contribution in [-0.2, 0) is 33.8 Å². The molecule has 1 aliphatic rings. The second-order valence-corrected chi connectivity index (χ2v) is 8.52. The van der Waals surface area contributed by atoms with Crippen molar-refractivity contribution in [3.8, 4) is 0 Å². The first-order chi connectivity index (χ1) is 17.8. The summed E-state index contributed by atoms with van der Waals surface area (Å²) in [6.45, 7) is 3.11. The summed E-state index contributed by atoms with van der Waals surface area (Å²) in [5.74, 6) is -5.51. The van der Waals surface area contributed by atoms with Crippen LogP contribution in [0.15, 0.2) is 48.1 Å². The monoisotopic (exact) mass is 568 g/mol. The number of hydrogen-bond donors (Lipinski definition) is 3. The summed E-state index contributed by atoms with van der Waals surface area (Å²) < 4.78 is 71.4. The van der Waals surface area contributed by atoms with E-state index in [9.17, 15) is 26.3 Å². The lowest BCUT2D eigenvalue weighted by Crippen LogP contribution is -2.27. The minimum absolute atomic E-state index is 0.0266. The average Bonchev–Trinajstić information content (AvgIpc) is 3.49. The van der Waals surface area contributed by atoms with E-state index in [0.717, 1.165) is 37.5 Å². The molecule has 4 heterocycles. The highest BCUT2D eigenvalue weighted by Crippen LogP contribution is 2.25. The number of carboxylic acid groups (broad SMARTS) is 2. The summed E-state index contributed by atoms with van der Waals surface area (Å²) in [6, 6.07) is 10.2. The zero-order valence-corrected chi connectivity index (χ0v) is 20.2. The second-order valence-electron chi connectivity index (χ2n) is 7.48. The Morgan fingerprint density at radius 2 is 1.74 bits per heavy atom. The molecule has 3 aromatic heterocycles. The quantitative estimate of drug-likeness (QED) is 0.380. The number of ether oxygens (including phenoxy) is 1. The first-order valence-electron chi connectivity index (χ1n) is 10.7. The zero-order chi connectivity index (χ0) is 28.3. The Balaban J connectivity index is 0.000000301. The van der Waals surface area contributed by atoms with Gasteiger partial charge in [-0.05, 0) is 35.6 Å². The average molecular weight is 568 g/mol. The Morgan fingerprint density at radius 3 is 2.26 bits per heavy atom. The Morgan fingerprint density at radius 1 is 1.08 bits per heavy atom. The number of thiophene rings is 1. The van der Waals surface area contributed by atoms with Gasteiger partial charge in [0.15, 0.2) is 0 Å². The number of aromatic nitrogens is 3. The molecule has 3 aromatic rings. The molecule has 4 rings (SSSR count). The summed E-state index contributed by atoms with van der Waals surface area (Å²) >= 11 is 1.77. The highest BCUT2D eigenvalue weighted by atomic mass is 32.1. The fourth-order valence-electron chi connectivity index (χ4n) is 2.97. The van der Waals surface area contributed by atoms with Crippen LogP contribution < -0.4 is 5.32 Å². The molecule has 0 saturated heterocycles. The van der Waals surface area contributed by atoms with Crippen LogP contribution in [0.25, 0.3) is 0 Å². The van der Waals surface area contributed by atoms with Crippen LogP contribution in [-0.4, -0.2) is 62.4 Å². The number of nitrogens with one attached hydrogen (secondary N) is 1. The summed E-state index contributed by atoms with van der Waals surface area (Å²) in [5.41, 5.74) is 3.38. The molecule has 0 bridgehead atoms. The SMILES string of the molecule is O=C(O)C(F)(F)F.O=C(O)C(F)(F)F.c1ccc(Cn2cc3c(n2)C(CNCc2cccs2)OCC3)nc1. The summed E-state index contributed by atoms with van der Waals surface area (Å²) in [7, 11) is 0. The van der Waals surface area contributed by atoms with Crippen LogP contribution in [0.1, 0.15) is 27.9 Å². The van der Waals surface area contributed by atoms with Gasteiger partial charge in [-0.25, -0.2) is 9.59 Å². The normalized spacial score (nSPS) is 14.8. The number of carboxylic acids is 2. The van der Waals surface area contributed by atoms with Crippen molar-refractivity contribution >= 4 is 23.3 Å². The van der Waals surface area contributed by atoms with E-state index in [2.05, 4.69) is 34.0 Å². The summed E-state index contributed by atoms with van der Waals surface area (Å²) in [6.07, 6.45) is -5.25. The molecule has 38 heavy (non-hydrogen) atoms. The van der Waals surface area contributed by atoms with Gasteiger partial charge >= 0.3 is 24.3 Å². The molecule has 0 spiro atoms. The van der Waals surface area contributed by atoms with Crippen LogP contribution in [0, 0.1) is 0 Å². The van der Waals surface area contributed by atoms with Crippen LogP contribution >= 0.6 is 11.3 Å². The Labute approximate surface area is 215 Å². The van der Waals surface area contributed by atoms with Gasteiger partial charge in [0.05, 0.1) is 24.5 Å². The maximum atomic E-state index is 10.6. The highest BCUT2D eigenvalue weighted by molar-refractivity contribution is 7.09. The van der Waals surface area contributed by atoms with E-state index in [1.54, 1.807) is 11.3 Å². The fraction of sp³-hybridized carbons (Fsp3) is 0.364. The van der Waals surface area contributed by atoms with Gasteiger partial charge in [0.2, 0.25) is 0 Å². The number of pyridine rings is 1. The lowest BCUT2D eigenvalue weighted by atomic mass is 10.1. The van der Waals surface area contributed by atoms with Gasteiger partial charge in [0.1, 0.15) is 6.10 Å². The molecule has 3 N–H and O–H groups in total. The minimum Gasteiger partial charge on any atom is -0.475 e. The van der Waals surface area contributed by atoms with Crippen LogP contribution in [0.5, 0.6) is 0 Å². The van der Waals surface area contributed by atoms with Gasteiger partial charge < -0.3 is 20.3 Å². The van der Waals surface area contributed by atoms with E-state index in [1.807, 2.05) is 29.1 Å². The summed E-state index contributed by atoms with van der Waals surface area (Å²) in [5, 5.41) is 24.6. The van der Waals surface area contributed by atoms with Crippen LogP contribution in [0.4, 0.5) is 26.3 Å². The van der Waals surface area contributed by atoms with Crippen LogP contribution in [0.3, 0.4) is 0 Å². The van der Waals surface area contributed by atoms with Gasteiger partial charge in [-0.15, -0.1) is 11.3 Å². The van der Waals surface area contributed by atoms with E-state index < -0.39 is 24.3 Å². The summed E-state index contributed by atoms with van der Waals surface area (Å²) in [4.78, 5) is 23.5. The fourth-order valence-corrected chi connectivity index (χ4v) is 3.64. The maximum Gasteiger partial charge on any atom is 0.490 e. The highest BCUT2D eigenvalue weighted by Gasteiger charge is 2.38. The molecule has 16 heteroatoms. The van der Waals surface area contributed by atoms with E-state index in [4.69, 9.17) is 29.6 Å². The third kappa shape index (κ3) is 10.5. The molecular formula is C22H22F6N4O5S. The largest absolute Gasteiger partial charge is 0.490 e. The molecular weight excluding hydrogens is 546 g/mol. The number of nitrogens with zero attached hydrogens (tertiary/aromatic N) is 3. The number of halogens is 6. The van der Waals surface area contributed by atoms with Crippen LogP contribution in [0.2, 0.25) is 0 Å². The number of rotatable bonds is 6. The first kappa shape index (κ1) is 30.7. The van der Waals surface area contributed by atoms with Gasteiger partial charge in [-0.3, -0.25) is 9.67 Å². The van der Waals surface area contributed by atoms with Crippen molar-refractivity contribution in [2.45, 2.75) is 38.0 Å². The molecule has 1 aliphatic heterocycles. The number of alkyl halides is 6. The minimum atomic E-state index is -5.08. The lowest BCUT2D eigenvalue weighted by Gasteiger charge is -2.22. The van der Waals surface area contributed by atoms with Gasteiger partial charge in [0, 0.05) is 30.4 Å². The van der Waals surface area contributed by atoms with Crippen molar-refractivity contribution in [3.63, 3.8) is 0 Å².